The lowest BCUT2D eigenvalue weighted by Gasteiger charge is -2.15. The molecule has 0 aliphatic rings. The summed E-state index contributed by atoms with van der Waals surface area (Å²) in [5.41, 5.74) is -0.230. The SMILES string of the molecule is CCNc1ccc(C(=O)NCC(F)(F)C(F)F)nn1. The third-order valence-electron chi connectivity index (χ3n) is 2.06. The predicted molar refractivity (Wildman–Crippen MR) is 59.5 cm³/mol. The van der Waals surface area contributed by atoms with Crippen molar-refractivity contribution in [3.63, 3.8) is 0 Å². The van der Waals surface area contributed by atoms with Gasteiger partial charge in [-0.25, -0.2) is 8.78 Å². The molecule has 0 aliphatic carbocycles. The van der Waals surface area contributed by atoms with Gasteiger partial charge in [0.1, 0.15) is 5.82 Å². The summed E-state index contributed by atoms with van der Waals surface area (Å²) in [5, 5.41) is 11.6. The van der Waals surface area contributed by atoms with Crippen molar-refractivity contribution in [3.8, 4) is 0 Å². The van der Waals surface area contributed by atoms with Crippen molar-refractivity contribution in [1.82, 2.24) is 15.5 Å². The molecule has 0 radical (unpaired) electrons. The fourth-order valence-electron chi connectivity index (χ4n) is 1.09. The Hall–Kier alpha value is -1.93. The highest BCUT2D eigenvalue weighted by Gasteiger charge is 2.40. The maximum absolute atomic E-state index is 12.6. The molecule has 0 saturated carbocycles. The summed E-state index contributed by atoms with van der Waals surface area (Å²) >= 11 is 0. The first-order valence-electron chi connectivity index (χ1n) is 5.38. The lowest BCUT2D eigenvalue weighted by atomic mass is 10.3. The van der Waals surface area contributed by atoms with Gasteiger partial charge in [-0.05, 0) is 19.1 Å². The highest BCUT2D eigenvalue weighted by atomic mass is 19.3. The van der Waals surface area contributed by atoms with Crippen molar-refractivity contribution in [3.05, 3.63) is 17.8 Å². The van der Waals surface area contributed by atoms with E-state index >= 15 is 0 Å². The van der Waals surface area contributed by atoms with Crippen LogP contribution in [-0.2, 0) is 0 Å². The van der Waals surface area contributed by atoms with E-state index in [9.17, 15) is 22.4 Å². The average Bonchev–Trinajstić information content (AvgIpc) is 2.37. The van der Waals surface area contributed by atoms with E-state index in [1.54, 1.807) is 5.32 Å². The van der Waals surface area contributed by atoms with Crippen LogP contribution < -0.4 is 10.6 Å². The Balaban J connectivity index is 2.59. The summed E-state index contributed by atoms with van der Waals surface area (Å²) in [4.78, 5) is 11.4. The second-order valence-corrected chi connectivity index (χ2v) is 3.58. The molecule has 1 rings (SSSR count). The Morgan fingerprint density at radius 3 is 2.53 bits per heavy atom. The van der Waals surface area contributed by atoms with Gasteiger partial charge in [-0.3, -0.25) is 4.79 Å². The zero-order valence-electron chi connectivity index (χ0n) is 9.96. The van der Waals surface area contributed by atoms with Crippen molar-refractivity contribution < 1.29 is 22.4 Å². The molecule has 1 heterocycles. The van der Waals surface area contributed by atoms with Crippen LogP contribution in [0.15, 0.2) is 12.1 Å². The van der Waals surface area contributed by atoms with Gasteiger partial charge >= 0.3 is 12.3 Å². The van der Waals surface area contributed by atoms with Gasteiger partial charge in [0.25, 0.3) is 5.91 Å². The summed E-state index contributed by atoms with van der Waals surface area (Å²) in [7, 11) is 0. The number of amides is 1. The van der Waals surface area contributed by atoms with Crippen LogP contribution in [0.1, 0.15) is 17.4 Å². The van der Waals surface area contributed by atoms with Gasteiger partial charge in [0.15, 0.2) is 5.69 Å². The second-order valence-electron chi connectivity index (χ2n) is 3.58. The molecular formula is C10H12F4N4O. The molecule has 1 aromatic heterocycles. The minimum Gasteiger partial charge on any atom is -0.369 e. The third kappa shape index (κ3) is 4.34. The third-order valence-corrected chi connectivity index (χ3v) is 2.06. The zero-order chi connectivity index (χ0) is 14.5. The number of alkyl halides is 4. The lowest BCUT2D eigenvalue weighted by molar-refractivity contribution is -0.123. The molecule has 0 saturated heterocycles. The van der Waals surface area contributed by atoms with Crippen molar-refractivity contribution in [2.24, 2.45) is 0 Å². The number of nitrogens with zero attached hydrogens (tertiary/aromatic N) is 2. The molecule has 0 fully saturated rings. The van der Waals surface area contributed by atoms with E-state index < -0.39 is 24.8 Å². The zero-order valence-corrected chi connectivity index (χ0v) is 9.96. The fourth-order valence-corrected chi connectivity index (χ4v) is 1.09. The summed E-state index contributed by atoms with van der Waals surface area (Å²) in [6.45, 7) is 0.968. The summed E-state index contributed by atoms with van der Waals surface area (Å²) in [6, 6.07) is 2.68. The Bertz CT molecular complexity index is 424. The number of rotatable bonds is 6. The van der Waals surface area contributed by atoms with E-state index in [1.165, 1.54) is 12.1 Å². The van der Waals surface area contributed by atoms with Gasteiger partial charge in [0, 0.05) is 6.54 Å². The largest absolute Gasteiger partial charge is 0.369 e. The summed E-state index contributed by atoms with van der Waals surface area (Å²) in [5.74, 6) is -4.85. The van der Waals surface area contributed by atoms with E-state index in [1.807, 2.05) is 6.92 Å². The number of carbonyl (C=O) groups is 1. The van der Waals surface area contributed by atoms with E-state index in [0.717, 1.165) is 0 Å². The molecule has 1 amide bonds. The Kier molecular flexibility index (Phi) is 5.02. The van der Waals surface area contributed by atoms with Crippen LogP contribution >= 0.6 is 0 Å². The molecule has 0 aromatic carbocycles. The Morgan fingerprint density at radius 2 is 2.05 bits per heavy atom. The molecule has 0 bridgehead atoms. The van der Waals surface area contributed by atoms with Gasteiger partial charge in [-0.2, -0.15) is 8.78 Å². The monoisotopic (exact) mass is 280 g/mol. The van der Waals surface area contributed by atoms with Gasteiger partial charge in [0.05, 0.1) is 6.54 Å². The molecule has 0 spiro atoms. The highest BCUT2D eigenvalue weighted by Crippen LogP contribution is 2.21. The molecule has 9 heteroatoms. The molecule has 5 nitrogen and oxygen atoms in total. The number of nitrogens with one attached hydrogen (secondary N) is 2. The van der Waals surface area contributed by atoms with Gasteiger partial charge in [-0.1, -0.05) is 0 Å². The fraction of sp³-hybridized carbons (Fsp3) is 0.500. The van der Waals surface area contributed by atoms with Gasteiger partial charge in [-0.15, -0.1) is 10.2 Å². The van der Waals surface area contributed by atoms with E-state index in [2.05, 4.69) is 15.5 Å². The average molecular weight is 280 g/mol. The molecule has 0 aliphatic heterocycles. The van der Waals surface area contributed by atoms with E-state index in [4.69, 9.17) is 0 Å². The second kappa shape index (κ2) is 6.30. The lowest BCUT2D eigenvalue weighted by Crippen LogP contribution is -2.41. The minimum atomic E-state index is -4.27. The topological polar surface area (TPSA) is 66.9 Å². The minimum absolute atomic E-state index is 0.230. The maximum Gasteiger partial charge on any atom is 0.324 e. The number of carbonyl (C=O) groups excluding carboxylic acids is 1. The highest BCUT2D eigenvalue weighted by molar-refractivity contribution is 5.92. The quantitative estimate of drug-likeness (QED) is 0.776. The number of anilines is 1. The molecule has 0 unspecified atom stereocenters. The number of hydrogen-bond donors (Lipinski definition) is 2. The van der Waals surface area contributed by atoms with E-state index in [0.29, 0.717) is 12.4 Å². The van der Waals surface area contributed by atoms with Crippen LogP contribution in [0.25, 0.3) is 0 Å². The summed E-state index contributed by atoms with van der Waals surface area (Å²) < 4.78 is 48.9. The normalized spacial score (nSPS) is 11.5. The maximum atomic E-state index is 12.6. The van der Waals surface area contributed by atoms with Crippen molar-refractivity contribution >= 4 is 11.7 Å². The molecule has 106 valence electrons. The van der Waals surface area contributed by atoms with E-state index in [-0.39, 0.29) is 5.69 Å². The first kappa shape index (κ1) is 15.1. The molecular weight excluding hydrogens is 268 g/mol. The van der Waals surface area contributed by atoms with Crippen LogP contribution in [0.5, 0.6) is 0 Å². The van der Waals surface area contributed by atoms with Crippen LogP contribution in [0.3, 0.4) is 0 Å². The van der Waals surface area contributed by atoms with Crippen LogP contribution in [0.4, 0.5) is 23.4 Å². The van der Waals surface area contributed by atoms with Crippen molar-refractivity contribution in [2.75, 3.05) is 18.4 Å². The molecule has 19 heavy (non-hydrogen) atoms. The van der Waals surface area contributed by atoms with Crippen LogP contribution in [-0.4, -0.2) is 41.5 Å². The first-order chi connectivity index (χ1) is 8.86. The number of aromatic nitrogens is 2. The first-order valence-corrected chi connectivity index (χ1v) is 5.38. The van der Waals surface area contributed by atoms with Crippen molar-refractivity contribution in [2.45, 2.75) is 19.3 Å². The van der Waals surface area contributed by atoms with Crippen molar-refractivity contribution in [1.29, 1.82) is 0 Å². The molecule has 0 atom stereocenters. The summed E-state index contributed by atoms with van der Waals surface area (Å²) in [6.07, 6.45) is -3.84. The predicted octanol–water partition coefficient (Wildman–Crippen LogP) is 1.54. The van der Waals surface area contributed by atoms with Crippen LogP contribution in [0.2, 0.25) is 0 Å². The smallest absolute Gasteiger partial charge is 0.324 e. The van der Waals surface area contributed by atoms with Gasteiger partial charge in [0.2, 0.25) is 0 Å². The Morgan fingerprint density at radius 1 is 1.37 bits per heavy atom. The number of hydrogen-bond acceptors (Lipinski definition) is 4. The van der Waals surface area contributed by atoms with Crippen LogP contribution in [0, 0.1) is 0 Å². The standard InChI is InChI=1S/C10H12F4N4O/c1-2-15-7-4-3-6(17-18-7)8(19)16-5-10(13,14)9(11)12/h3-4,9H,2,5H2,1H3,(H,15,18)(H,16,19). The van der Waals surface area contributed by atoms with Gasteiger partial charge < -0.3 is 10.6 Å². The molecule has 1 aromatic rings. The molecule has 2 N–H and O–H groups in total. The Labute approximate surface area is 106 Å². The number of halogens is 4.